The molecule has 102 valence electrons. The largest absolute Gasteiger partial charge is 0.385 e. The molecule has 0 radical (unpaired) electrons. The fraction of sp³-hybridized carbons (Fsp3) is 0.500. The minimum absolute atomic E-state index is 0.277. The lowest BCUT2D eigenvalue weighted by Gasteiger charge is -2.11. The first-order valence-corrected chi connectivity index (χ1v) is 7.35. The van der Waals surface area contributed by atoms with E-state index < -0.39 is 10.0 Å². The molecular formula is C12H20N2O3S. The zero-order chi connectivity index (χ0) is 13.4. The molecule has 5 nitrogen and oxygen atoms in total. The second-order valence-corrected chi connectivity index (χ2v) is 5.69. The molecule has 18 heavy (non-hydrogen) atoms. The number of ether oxygens (including phenoxy) is 1. The SMILES string of the molecule is CNS(=O)(=O)c1ccccc1NCCCCOC. The summed E-state index contributed by atoms with van der Waals surface area (Å²) >= 11 is 0. The van der Waals surface area contributed by atoms with Crippen molar-refractivity contribution in [1.82, 2.24) is 4.72 Å². The monoisotopic (exact) mass is 272 g/mol. The Kier molecular flexibility index (Phi) is 6.11. The molecule has 6 heteroatoms. The van der Waals surface area contributed by atoms with Crippen LogP contribution in [-0.4, -0.2) is 35.7 Å². The Bertz CT molecular complexity index is 460. The molecule has 0 aliphatic heterocycles. The van der Waals surface area contributed by atoms with Crippen LogP contribution in [0.3, 0.4) is 0 Å². The smallest absolute Gasteiger partial charge is 0.242 e. The lowest BCUT2D eigenvalue weighted by atomic mass is 10.3. The van der Waals surface area contributed by atoms with Crippen molar-refractivity contribution in [3.8, 4) is 0 Å². The Hall–Kier alpha value is -1.11. The quantitative estimate of drug-likeness (QED) is 0.703. The Morgan fingerprint density at radius 3 is 2.61 bits per heavy atom. The maximum absolute atomic E-state index is 11.8. The molecule has 0 amide bonds. The summed E-state index contributed by atoms with van der Waals surface area (Å²) in [6, 6.07) is 6.87. The molecule has 0 aliphatic rings. The summed E-state index contributed by atoms with van der Waals surface area (Å²) < 4.78 is 30.8. The van der Waals surface area contributed by atoms with Gasteiger partial charge in [-0.2, -0.15) is 0 Å². The van der Waals surface area contributed by atoms with Gasteiger partial charge in [-0.3, -0.25) is 0 Å². The maximum Gasteiger partial charge on any atom is 0.242 e. The fourth-order valence-corrected chi connectivity index (χ4v) is 2.46. The van der Waals surface area contributed by atoms with E-state index in [1.807, 2.05) is 6.07 Å². The minimum atomic E-state index is -3.41. The molecule has 1 aromatic carbocycles. The van der Waals surface area contributed by atoms with Gasteiger partial charge >= 0.3 is 0 Å². The number of para-hydroxylation sites is 1. The van der Waals surface area contributed by atoms with Crippen molar-refractivity contribution in [3.63, 3.8) is 0 Å². The maximum atomic E-state index is 11.8. The topological polar surface area (TPSA) is 67.4 Å². The van der Waals surface area contributed by atoms with E-state index in [0.717, 1.165) is 26.0 Å². The summed E-state index contributed by atoms with van der Waals surface area (Å²) in [6.45, 7) is 1.44. The van der Waals surface area contributed by atoms with Gasteiger partial charge in [0.15, 0.2) is 0 Å². The van der Waals surface area contributed by atoms with Gasteiger partial charge in [0.25, 0.3) is 0 Å². The normalized spacial score (nSPS) is 11.4. The van der Waals surface area contributed by atoms with Gasteiger partial charge < -0.3 is 10.1 Å². The van der Waals surface area contributed by atoms with E-state index in [0.29, 0.717) is 5.69 Å². The van der Waals surface area contributed by atoms with Gasteiger partial charge in [-0.1, -0.05) is 12.1 Å². The van der Waals surface area contributed by atoms with Gasteiger partial charge in [-0.25, -0.2) is 13.1 Å². The summed E-state index contributed by atoms with van der Waals surface area (Å²) in [7, 11) is -0.337. The number of hydrogen-bond donors (Lipinski definition) is 2. The predicted molar refractivity (Wildman–Crippen MR) is 72.3 cm³/mol. The lowest BCUT2D eigenvalue weighted by Crippen LogP contribution is -2.20. The average Bonchev–Trinajstić information content (AvgIpc) is 2.39. The fourth-order valence-electron chi connectivity index (χ4n) is 1.55. The molecule has 0 bridgehead atoms. The van der Waals surface area contributed by atoms with Gasteiger partial charge in [0, 0.05) is 20.3 Å². The van der Waals surface area contributed by atoms with Crippen LogP contribution >= 0.6 is 0 Å². The van der Waals surface area contributed by atoms with Crippen LogP contribution < -0.4 is 10.0 Å². The highest BCUT2D eigenvalue weighted by atomic mass is 32.2. The summed E-state index contributed by atoms with van der Waals surface area (Å²) in [5.41, 5.74) is 0.629. The highest BCUT2D eigenvalue weighted by Crippen LogP contribution is 2.20. The van der Waals surface area contributed by atoms with Crippen LogP contribution in [0.2, 0.25) is 0 Å². The highest BCUT2D eigenvalue weighted by molar-refractivity contribution is 7.89. The highest BCUT2D eigenvalue weighted by Gasteiger charge is 2.15. The summed E-state index contributed by atoms with van der Waals surface area (Å²) in [6.07, 6.45) is 1.88. The third-order valence-corrected chi connectivity index (χ3v) is 4.01. The van der Waals surface area contributed by atoms with Crippen LogP contribution in [0.25, 0.3) is 0 Å². The van der Waals surface area contributed by atoms with E-state index in [1.54, 1.807) is 25.3 Å². The van der Waals surface area contributed by atoms with Crippen LogP contribution in [0, 0.1) is 0 Å². The lowest BCUT2D eigenvalue weighted by molar-refractivity contribution is 0.194. The van der Waals surface area contributed by atoms with Gasteiger partial charge in [0.2, 0.25) is 10.0 Å². The molecule has 0 aromatic heterocycles. The first-order chi connectivity index (χ1) is 8.61. The van der Waals surface area contributed by atoms with E-state index in [9.17, 15) is 8.42 Å². The van der Waals surface area contributed by atoms with Crippen molar-refractivity contribution in [2.24, 2.45) is 0 Å². The molecule has 0 spiro atoms. The van der Waals surface area contributed by atoms with Crippen molar-refractivity contribution in [2.45, 2.75) is 17.7 Å². The average molecular weight is 272 g/mol. The number of benzene rings is 1. The second kappa shape index (κ2) is 7.35. The van der Waals surface area contributed by atoms with Crippen LogP contribution in [0.4, 0.5) is 5.69 Å². The number of rotatable bonds is 8. The van der Waals surface area contributed by atoms with E-state index in [1.165, 1.54) is 7.05 Å². The number of nitrogens with one attached hydrogen (secondary N) is 2. The first-order valence-electron chi connectivity index (χ1n) is 5.87. The van der Waals surface area contributed by atoms with Crippen LogP contribution in [0.1, 0.15) is 12.8 Å². The van der Waals surface area contributed by atoms with Gasteiger partial charge in [-0.05, 0) is 32.0 Å². The number of sulfonamides is 1. The van der Waals surface area contributed by atoms with E-state index >= 15 is 0 Å². The van der Waals surface area contributed by atoms with E-state index in [2.05, 4.69) is 10.0 Å². The summed E-state index contributed by atoms with van der Waals surface area (Å²) in [5.74, 6) is 0. The summed E-state index contributed by atoms with van der Waals surface area (Å²) in [5, 5.41) is 3.14. The van der Waals surface area contributed by atoms with Gasteiger partial charge in [0.1, 0.15) is 4.90 Å². The summed E-state index contributed by atoms with van der Waals surface area (Å²) in [4.78, 5) is 0.277. The molecule has 0 saturated heterocycles. The zero-order valence-electron chi connectivity index (χ0n) is 10.8. The third-order valence-electron chi connectivity index (χ3n) is 2.54. The molecule has 0 aliphatic carbocycles. The van der Waals surface area contributed by atoms with Crippen LogP contribution in [0.15, 0.2) is 29.2 Å². The van der Waals surface area contributed by atoms with Crippen molar-refractivity contribution in [3.05, 3.63) is 24.3 Å². The number of hydrogen-bond acceptors (Lipinski definition) is 4. The van der Waals surface area contributed by atoms with Crippen LogP contribution in [0.5, 0.6) is 0 Å². The third kappa shape index (κ3) is 4.29. The van der Waals surface area contributed by atoms with Crippen LogP contribution in [-0.2, 0) is 14.8 Å². The standard InChI is InChI=1S/C12H20N2O3S/c1-13-18(15,16)12-8-4-3-7-11(12)14-9-5-6-10-17-2/h3-4,7-8,13-14H,5-6,9-10H2,1-2H3. The molecule has 0 saturated carbocycles. The number of unbranched alkanes of at least 4 members (excludes halogenated alkanes) is 1. The minimum Gasteiger partial charge on any atom is -0.385 e. The molecule has 1 rings (SSSR count). The molecule has 1 aromatic rings. The first kappa shape index (κ1) is 14.9. The molecule has 2 N–H and O–H groups in total. The molecular weight excluding hydrogens is 252 g/mol. The van der Waals surface area contributed by atoms with E-state index in [4.69, 9.17) is 4.74 Å². The Morgan fingerprint density at radius 1 is 1.22 bits per heavy atom. The van der Waals surface area contributed by atoms with Crippen molar-refractivity contribution in [2.75, 3.05) is 32.6 Å². The second-order valence-electron chi connectivity index (χ2n) is 3.83. The predicted octanol–water partition coefficient (Wildman–Crippen LogP) is 1.43. The number of anilines is 1. The van der Waals surface area contributed by atoms with Crippen molar-refractivity contribution < 1.29 is 13.2 Å². The number of methoxy groups -OCH3 is 1. The molecule has 0 unspecified atom stereocenters. The molecule has 0 fully saturated rings. The van der Waals surface area contributed by atoms with Crippen molar-refractivity contribution >= 4 is 15.7 Å². The Labute approximate surface area is 109 Å². The van der Waals surface area contributed by atoms with E-state index in [-0.39, 0.29) is 4.90 Å². The van der Waals surface area contributed by atoms with Gasteiger partial charge in [0.05, 0.1) is 5.69 Å². The molecule has 0 heterocycles. The van der Waals surface area contributed by atoms with Crippen molar-refractivity contribution in [1.29, 1.82) is 0 Å². The Morgan fingerprint density at radius 2 is 1.94 bits per heavy atom. The zero-order valence-corrected chi connectivity index (χ0v) is 11.6. The van der Waals surface area contributed by atoms with Gasteiger partial charge in [-0.15, -0.1) is 0 Å². The Balaban J connectivity index is 2.66. The molecule has 0 atom stereocenters.